The van der Waals surface area contributed by atoms with E-state index in [-0.39, 0.29) is 12.8 Å². The van der Waals surface area contributed by atoms with Crippen LogP contribution in [0.2, 0.25) is 0 Å². The fourth-order valence-corrected chi connectivity index (χ4v) is 4.88. The normalized spacial score (nSPS) is 25.5. The molecule has 1 aromatic rings. The second kappa shape index (κ2) is 6.12. The summed E-state index contributed by atoms with van der Waals surface area (Å²) < 4.78 is 69.2. The number of hydrogen-bond donors (Lipinski definition) is 1. The van der Waals surface area contributed by atoms with Crippen molar-refractivity contribution in [2.75, 3.05) is 7.11 Å². The number of carboxylic acids is 1. The fraction of sp³-hybridized carbons (Fsp3) is 0.500. The van der Waals surface area contributed by atoms with Crippen molar-refractivity contribution in [3.05, 3.63) is 29.8 Å². The lowest BCUT2D eigenvalue weighted by Gasteiger charge is -2.16. The van der Waals surface area contributed by atoms with Gasteiger partial charge in [-0.3, -0.25) is 4.79 Å². The smallest absolute Gasteiger partial charge is 0.417 e. The van der Waals surface area contributed by atoms with E-state index >= 15 is 0 Å². The molecule has 1 aromatic carbocycles. The van der Waals surface area contributed by atoms with Crippen LogP contribution in [0.1, 0.15) is 18.4 Å². The van der Waals surface area contributed by atoms with E-state index in [0.29, 0.717) is 6.07 Å². The molecular formula is C14H15F3O5S. The quantitative estimate of drug-likeness (QED) is 0.900. The molecule has 1 fully saturated rings. The van der Waals surface area contributed by atoms with Gasteiger partial charge in [0.25, 0.3) is 0 Å². The molecular weight excluding hydrogens is 337 g/mol. The van der Waals surface area contributed by atoms with Crippen molar-refractivity contribution < 1.29 is 36.2 Å². The molecule has 2 rings (SSSR count). The molecule has 0 aliphatic heterocycles. The molecule has 1 N–H and O–H groups in total. The third-order valence-corrected chi connectivity index (χ3v) is 6.25. The van der Waals surface area contributed by atoms with E-state index in [0.717, 1.165) is 12.1 Å². The first-order valence-electron chi connectivity index (χ1n) is 6.74. The van der Waals surface area contributed by atoms with Crippen LogP contribution in [-0.4, -0.2) is 38.0 Å². The first-order chi connectivity index (χ1) is 10.6. The Hall–Kier alpha value is -1.61. The number of benzene rings is 1. The van der Waals surface area contributed by atoms with Crippen molar-refractivity contribution >= 4 is 15.8 Å². The zero-order valence-electron chi connectivity index (χ0n) is 12.1. The number of hydrogen-bond acceptors (Lipinski definition) is 4. The average molecular weight is 352 g/mol. The van der Waals surface area contributed by atoms with Gasteiger partial charge >= 0.3 is 12.1 Å². The number of halogens is 3. The molecule has 1 saturated carbocycles. The van der Waals surface area contributed by atoms with Gasteiger partial charge in [0.2, 0.25) is 0 Å². The third kappa shape index (κ3) is 3.35. The number of carboxylic acid groups (broad SMARTS) is 1. The van der Waals surface area contributed by atoms with Gasteiger partial charge in [-0.2, -0.15) is 13.2 Å². The summed E-state index contributed by atoms with van der Waals surface area (Å²) in [5, 5.41) is 7.87. The Morgan fingerprint density at radius 1 is 1.26 bits per heavy atom. The number of sulfone groups is 1. The van der Waals surface area contributed by atoms with Crippen LogP contribution in [0.25, 0.3) is 0 Å². The standard InChI is InChI=1S/C14H15F3O5S/c1-22-11-7-8(6-9(11)13(18)19)23(20,21)12-5-3-2-4-10(12)14(15,16)17/h2-5,8-9,11H,6-7H2,1H3,(H,18,19)/t8-,9+,11-/m0/s1. The second-order valence-corrected chi connectivity index (χ2v) is 7.55. The van der Waals surface area contributed by atoms with E-state index in [1.165, 1.54) is 13.2 Å². The molecule has 128 valence electrons. The highest BCUT2D eigenvalue weighted by Gasteiger charge is 2.47. The van der Waals surface area contributed by atoms with Crippen molar-refractivity contribution in [2.45, 2.75) is 35.3 Å². The van der Waals surface area contributed by atoms with Crippen LogP contribution in [0.4, 0.5) is 13.2 Å². The summed E-state index contributed by atoms with van der Waals surface area (Å²) in [6, 6.07) is 3.91. The number of aliphatic carboxylic acids is 1. The Labute approximate surface area is 131 Å². The highest BCUT2D eigenvalue weighted by atomic mass is 32.2. The van der Waals surface area contributed by atoms with Crippen LogP contribution in [0, 0.1) is 5.92 Å². The molecule has 0 radical (unpaired) electrons. The summed E-state index contributed by atoms with van der Waals surface area (Å²) in [7, 11) is -3.08. The predicted octanol–water partition coefficient (Wildman–Crippen LogP) is 2.36. The van der Waals surface area contributed by atoms with Crippen LogP contribution in [0.5, 0.6) is 0 Å². The summed E-state index contributed by atoms with van der Waals surface area (Å²) in [6.45, 7) is 0. The predicted molar refractivity (Wildman–Crippen MR) is 73.6 cm³/mol. The van der Waals surface area contributed by atoms with Gasteiger partial charge in [0.15, 0.2) is 9.84 Å². The van der Waals surface area contributed by atoms with Crippen LogP contribution in [0.15, 0.2) is 29.2 Å². The van der Waals surface area contributed by atoms with Crippen molar-refractivity contribution in [2.24, 2.45) is 5.92 Å². The maximum absolute atomic E-state index is 13.0. The van der Waals surface area contributed by atoms with Gasteiger partial charge in [-0.25, -0.2) is 8.42 Å². The fourth-order valence-electron chi connectivity index (χ4n) is 2.86. The lowest BCUT2D eigenvalue weighted by Crippen LogP contribution is -2.24. The summed E-state index contributed by atoms with van der Waals surface area (Å²) in [6.07, 6.45) is -6.08. The minimum absolute atomic E-state index is 0.151. The van der Waals surface area contributed by atoms with E-state index in [4.69, 9.17) is 9.84 Å². The molecule has 5 nitrogen and oxygen atoms in total. The summed E-state index contributed by atoms with van der Waals surface area (Å²) in [5.41, 5.74) is -1.24. The van der Waals surface area contributed by atoms with Crippen LogP contribution in [0.3, 0.4) is 0 Å². The van der Waals surface area contributed by atoms with Gasteiger partial charge in [0, 0.05) is 7.11 Å². The molecule has 9 heteroatoms. The number of rotatable bonds is 4. The van der Waals surface area contributed by atoms with Crippen LogP contribution in [-0.2, 0) is 25.5 Å². The maximum atomic E-state index is 13.0. The van der Waals surface area contributed by atoms with Gasteiger partial charge < -0.3 is 9.84 Å². The van der Waals surface area contributed by atoms with E-state index < -0.39 is 49.7 Å². The summed E-state index contributed by atoms with van der Waals surface area (Å²) in [5.74, 6) is -2.28. The molecule has 0 aromatic heterocycles. The average Bonchev–Trinajstić information content (AvgIpc) is 2.91. The lowest BCUT2D eigenvalue weighted by atomic mass is 10.1. The number of methoxy groups -OCH3 is 1. The monoisotopic (exact) mass is 352 g/mol. The van der Waals surface area contributed by atoms with E-state index in [9.17, 15) is 26.4 Å². The Balaban J connectivity index is 2.43. The molecule has 0 saturated heterocycles. The second-order valence-electron chi connectivity index (χ2n) is 5.35. The molecule has 0 spiro atoms. The summed E-state index contributed by atoms with van der Waals surface area (Å²) in [4.78, 5) is 10.3. The molecule has 3 atom stereocenters. The largest absolute Gasteiger partial charge is 0.481 e. The molecule has 0 heterocycles. The molecule has 1 aliphatic rings. The van der Waals surface area contributed by atoms with Crippen molar-refractivity contribution in [1.82, 2.24) is 0 Å². The van der Waals surface area contributed by atoms with Crippen molar-refractivity contribution in [1.29, 1.82) is 0 Å². The molecule has 0 amide bonds. The molecule has 23 heavy (non-hydrogen) atoms. The number of carbonyl (C=O) groups is 1. The number of alkyl halides is 3. The third-order valence-electron chi connectivity index (χ3n) is 4.02. The van der Waals surface area contributed by atoms with Gasteiger partial charge in [0.1, 0.15) is 0 Å². The lowest BCUT2D eigenvalue weighted by molar-refractivity contribution is -0.145. The van der Waals surface area contributed by atoms with E-state index in [2.05, 4.69) is 0 Å². The Bertz CT molecular complexity index is 699. The molecule has 1 aliphatic carbocycles. The van der Waals surface area contributed by atoms with Gasteiger partial charge in [-0.05, 0) is 25.0 Å². The first-order valence-corrected chi connectivity index (χ1v) is 8.29. The Kier molecular flexibility index (Phi) is 4.72. The van der Waals surface area contributed by atoms with Crippen LogP contribution < -0.4 is 0 Å². The Morgan fingerprint density at radius 3 is 2.35 bits per heavy atom. The topological polar surface area (TPSA) is 80.7 Å². The van der Waals surface area contributed by atoms with E-state index in [1.54, 1.807) is 0 Å². The zero-order chi connectivity index (χ0) is 17.4. The molecule has 0 bridgehead atoms. The minimum atomic E-state index is -4.81. The van der Waals surface area contributed by atoms with E-state index in [1.807, 2.05) is 0 Å². The minimum Gasteiger partial charge on any atom is -0.481 e. The van der Waals surface area contributed by atoms with Gasteiger partial charge in [0.05, 0.1) is 27.7 Å². The first kappa shape index (κ1) is 17.7. The highest BCUT2D eigenvalue weighted by molar-refractivity contribution is 7.92. The van der Waals surface area contributed by atoms with Crippen LogP contribution >= 0.6 is 0 Å². The zero-order valence-corrected chi connectivity index (χ0v) is 12.9. The SMILES string of the molecule is CO[C@H]1C[C@@H](S(=O)(=O)c2ccccc2C(F)(F)F)C[C@H]1C(=O)O. The Morgan fingerprint density at radius 2 is 1.87 bits per heavy atom. The highest BCUT2D eigenvalue weighted by Crippen LogP contribution is 2.40. The van der Waals surface area contributed by atoms with Crippen molar-refractivity contribution in [3.63, 3.8) is 0 Å². The maximum Gasteiger partial charge on any atom is 0.417 e. The molecule has 0 unspecified atom stereocenters. The summed E-state index contributed by atoms with van der Waals surface area (Å²) >= 11 is 0. The van der Waals surface area contributed by atoms with Gasteiger partial charge in [-0.1, -0.05) is 12.1 Å². The van der Waals surface area contributed by atoms with Gasteiger partial charge in [-0.15, -0.1) is 0 Å². The van der Waals surface area contributed by atoms with Crippen molar-refractivity contribution in [3.8, 4) is 0 Å². The number of ether oxygens (including phenoxy) is 1.